The minimum atomic E-state index is -4.30. The van der Waals surface area contributed by atoms with E-state index < -0.39 is 11.7 Å². The number of hydrogen-bond donors (Lipinski definition) is 0. The molecule has 0 spiro atoms. The van der Waals surface area contributed by atoms with Gasteiger partial charge in [0.25, 0.3) is 0 Å². The van der Waals surface area contributed by atoms with Crippen molar-refractivity contribution >= 4 is 11.4 Å². The quantitative estimate of drug-likeness (QED) is 0.510. The van der Waals surface area contributed by atoms with Gasteiger partial charge in [-0.25, -0.2) is 0 Å². The number of rotatable bonds is 5. The predicted molar refractivity (Wildman–Crippen MR) is 122 cm³/mol. The highest BCUT2D eigenvalue weighted by atomic mass is 19.4. The first-order chi connectivity index (χ1) is 14.7. The number of halogens is 3. The molecule has 0 aliphatic carbocycles. The molecule has 0 bridgehead atoms. The van der Waals surface area contributed by atoms with Crippen LogP contribution in [0.4, 0.5) is 24.5 Å². The van der Waals surface area contributed by atoms with Crippen LogP contribution in [0.3, 0.4) is 0 Å². The van der Waals surface area contributed by atoms with Crippen LogP contribution in [0.2, 0.25) is 0 Å². The Morgan fingerprint density at radius 2 is 1.77 bits per heavy atom. The summed E-state index contributed by atoms with van der Waals surface area (Å²) in [4.78, 5) is 4.86. The average Bonchev–Trinajstić information content (AvgIpc) is 3.20. The molecule has 1 saturated heterocycles. The number of hydrogen-bond acceptors (Lipinski definition) is 2. The van der Waals surface area contributed by atoms with Crippen LogP contribution in [0.15, 0.2) is 42.5 Å². The van der Waals surface area contributed by atoms with Crippen molar-refractivity contribution in [3.63, 3.8) is 0 Å². The van der Waals surface area contributed by atoms with Crippen LogP contribution in [0.5, 0.6) is 0 Å². The molecule has 2 nitrogen and oxygen atoms in total. The molecule has 4 rings (SSSR count). The van der Waals surface area contributed by atoms with Gasteiger partial charge in [0.05, 0.1) is 5.56 Å². The number of alkyl halides is 3. The first-order valence-electron chi connectivity index (χ1n) is 11.5. The molecule has 2 aromatic rings. The fourth-order valence-electron chi connectivity index (χ4n) is 5.36. The third-order valence-electron chi connectivity index (χ3n) is 6.96. The summed E-state index contributed by atoms with van der Waals surface area (Å²) in [5, 5.41) is 0. The Morgan fingerprint density at radius 3 is 2.52 bits per heavy atom. The molecule has 31 heavy (non-hydrogen) atoms. The zero-order valence-electron chi connectivity index (χ0n) is 18.8. The molecule has 2 heterocycles. The first-order valence-corrected chi connectivity index (χ1v) is 11.5. The summed E-state index contributed by atoms with van der Waals surface area (Å²) in [5.74, 6) is 0.617. The van der Waals surface area contributed by atoms with E-state index >= 15 is 0 Å². The van der Waals surface area contributed by atoms with Gasteiger partial charge in [-0.05, 0) is 79.8 Å². The maximum absolute atomic E-state index is 13.2. The molecule has 168 valence electrons. The summed E-state index contributed by atoms with van der Waals surface area (Å²) >= 11 is 0. The van der Waals surface area contributed by atoms with E-state index in [1.165, 1.54) is 29.8 Å². The smallest absolute Gasteiger partial charge is 0.371 e. The lowest BCUT2D eigenvalue weighted by atomic mass is 9.95. The molecule has 0 N–H and O–H groups in total. The molecule has 0 aromatic heterocycles. The number of nitrogens with zero attached hydrogens (tertiary/aromatic N) is 2. The van der Waals surface area contributed by atoms with Crippen LogP contribution >= 0.6 is 0 Å². The van der Waals surface area contributed by atoms with Crippen LogP contribution in [0.25, 0.3) is 0 Å². The van der Waals surface area contributed by atoms with Gasteiger partial charge < -0.3 is 9.80 Å². The Balaban J connectivity index is 1.46. The summed E-state index contributed by atoms with van der Waals surface area (Å²) in [6.07, 6.45) is 0.265. The van der Waals surface area contributed by atoms with Crippen molar-refractivity contribution in [2.75, 3.05) is 29.4 Å². The fourth-order valence-corrected chi connectivity index (χ4v) is 5.36. The van der Waals surface area contributed by atoms with E-state index in [9.17, 15) is 13.2 Å². The minimum absolute atomic E-state index is 0.0557. The zero-order valence-corrected chi connectivity index (χ0v) is 18.8. The Kier molecular flexibility index (Phi) is 6.23. The van der Waals surface area contributed by atoms with Gasteiger partial charge in [-0.3, -0.25) is 0 Å². The van der Waals surface area contributed by atoms with Gasteiger partial charge in [-0.2, -0.15) is 13.2 Å². The van der Waals surface area contributed by atoms with Gasteiger partial charge in [0.2, 0.25) is 0 Å². The molecule has 5 heteroatoms. The number of para-hydroxylation sites is 1. The van der Waals surface area contributed by atoms with Gasteiger partial charge in [0, 0.05) is 37.1 Å². The summed E-state index contributed by atoms with van der Waals surface area (Å²) in [5.41, 5.74) is 4.05. The van der Waals surface area contributed by atoms with Gasteiger partial charge in [-0.15, -0.1) is 0 Å². The topological polar surface area (TPSA) is 6.48 Å². The number of anilines is 2. The minimum Gasteiger partial charge on any atom is -0.371 e. The van der Waals surface area contributed by atoms with Gasteiger partial charge >= 0.3 is 6.18 Å². The molecule has 0 radical (unpaired) electrons. The van der Waals surface area contributed by atoms with E-state index in [2.05, 4.69) is 41.0 Å². The van der Waals surface area contributed by atoms with Crippen LogP contribution in [-0.2, 0) is 12.6 Å². The van der Waals surface area contributed by atoms with Crippen LogP contribution in [0.1, 0.15) is 62.6 Å². The highest BCUT2D eigenvalue weighted by Gasteiger charge is 2.33. The Hall–Kier alpha value is -2.17. The Bertz CT molecular complexity index is 906. The summed E-state index contributed by atoms with van der Waals surface area (Å²) in [7, 11) is 0. The molecule has 2 atom stereocenters. The SMILES string of the molecule is CC(C)c1cc(C(F)(F)F)ccc1N1CCC(CC(C)N2CCCc3ccccc32)C1. The maximum atomic E-state index is 13.2. The van der Waals surface area contributed by atoms with Crippen LogP contribution in [0, 0.1) is 5.92 Å². The van der Waals surface area contributed by atoms with E-state index in [4.69, 9.17) is 0 Å². The second-order valence-corrected chi connectivity index (χ2v) is 9.54. The van der Waals surface area contributed by atoms with E-state index in [-0.39, 0.29) is 5.92 Å². The fraction of sp³-hybridized carbons (Fsp3) is 0.538. The standard InChI is InChI=1S/C26H33F3N2/c1-18(2)23-16-22(26(27,28)29)10-11-25(23)30-14-12-20(17-30)15-19(3)31-13-6-8-21-7-4-5-9-24(21)31/h4-5,7,9-11,16,18-20H,6,8,12-15,17H2,1-3H3. The normalized spacial score (nSPS) is 20.3. The van der Waals surface area contributed by atoms with Crippen molar-refractivity contribution in [1.82, 2.24) is 0 Å². The summed E-state index contributed by atoms with van der Waals surface area (Å²) in [6, 6.07) is 13.5. The highest BCUT2D eigenvalue weighted by molar-refractivity contribution is 5.58. The largest absolute Gasteiger partial charge is 0.416 e. The van der Waals surface area contributed by atoms with Crippen molar-refractivity contribution < 1.29 is 13.2 Å². The summed E-state index contributed by atoms with van der Waals surface area (Å²) < 4.78 is 39.6. The number of fused-ring (bicyclic) bond motifs is 1. The lowest BCUT2D eigenvalue weighted by Crippen LogP contribution is -2.38. The van der Waals surface area contributed by atoms with Gasteiger partial charge in [0.1, 0.15) is 0 Å². The van der Waals surface area contributed by atoms with Gasteiger partial charge in [-0.1, -0.05) is 32.0 Å². The highest BCUT2D eigenvalue weighted by Crippen LogP contribution is 2.38. The maximum Gasteiger partial charge on any atom is 0.416 e. The number of benzene rings is 2. The monoisotopic (exact) mass is 430 g/mol. The molecule has 2 aromatic carbocycles. The second-order valence-electron chi connectivity index (χ2n) is 9.54. The molecule has 0 saturated carbocycles. The van der Waals surface area contributed by atoms with Crippen molar-refractivity contribution in [2.45, 2.75) is 64.6 Å². The van der Waals surface area contributed by atoms with Crippen molar-refractivity contribution in [3.8, 4) is 0 Å². The second kappa shape index (κ2) is 8.76. The van der Waals surface area contributed by atoms with Crippen LogP contribution < -0.4 is 9.80 Å². The Labute approximate surface area is 184 Å². The molecule has 2 aliphatic rings. The lowest BCUT2D eigenvalue weighted by molar-refractivity contribution is -0.137. The van der Waals surface area contributed by atoms with E-state index in [0.717, 1.165) is 50.1 Å². The van der Waals surface area contributed by atoms with E-state index in [1.807, 2.05) is 13.8 Å². The molecule has 2 unspecified atom stereocenters. The van der Waals surface area contributed by atoms with E-state index in [1.54, 1.807) is 6.07 Å². The third-order valence-corrected chi connectivity index (χ3v) is 6.96. The first kappa shape index (κ1) is 22.0. The third kappa shape index (κ3) is 4.70. The summed E-state index contributed by atoms with van der Waals surface area (Å²) in [6.45, 7) is 9.21. The average molecular weight is 431 g/mol. The van der Waals surface area contributed by atoms with Gasteiger partial charge in [0.15, 0.2) is 0 Å². The molecule has 0 amide bonds. The molecular formula is C26H33F3N2. The van der Waals surface area contributed by atoms with E-state index in [0.29, 0.717) is 12.0 Å². The van der Waals surface area contributed by atoms with Crippen LogP contribution in [-0.4, -0.2) is 25.7 Å². The predicted octanol–water partition coefficient (Wildman–Crippen LogP) is 6.89. The van der Waals surface area contributed by atoms with Crippen molar-refractivity contribution in [1.29, 1.82) is 0 Å². The zero-order chi connectivity index (χ0) is 22.2. The lowest BCUT2D eigenvalue weighted by Gasteiger charge is -2.37. The molecule has 2 aliphatic heterocycles. The van der Waals surface area contributed by atoms with Crippen molar-refractivity contribution in [2.24, 2.45) is 5.92 Å². The Morgan fingerprint density at radius 1 is 1.00 bits per heavy atom. The van der Waals surface area contributed by atoms with Crippen molar-refractivity contribution in [3.05, 3.63) is 59.2 Å². The molecule has 1 fully saturated rings. The number of aryl methyl sites for hydroxylation is 1. The molecular weight excluding hydrogens is 397 g/mol.